The summed E-state index contributed by atoms with van der Waals surface area (Å²) in [4.78, 5) is 6.52. The highest BCUT2D eigenvalue weighted by Crippen LogP contribution is 2.31. The van der Waals surface area contributed by atoms with E-state index in [1.807, 2.05) is 48.3 Å². The van der Waals surface area contributed by atoms with Gasteiger partial charge in [0.1, 0.15) is 0 Å². The Morgan fingerprint density at radius 2 is 1.60 bits per heavy atom. The van der Waals surface area contributed by atoms with Gasteiger partial charge in [-0.3, -0.25) is 0 Å². The number of rotatable bonds is 4. The van der Waals surface area contributed by atoms with Gasteiger partial charge in [-0.15, -0.1) is 5.10 Å². The van der Waals surface area contributed by atoms with Crippen LogP contribution in [0.15, 0.2) is 60.8 Å². The number of anilines is 4. The monoisotopic (exact) mass is 333 g/mol. The highest BCUT2D eigenvalue weighted by atomic mass is 15.3. The van der Waals surface area contributed by atoms with E-state index in [1.165, 1.54) is 5.56 Å². The SMILES string of the molecule is CN(c1ccccc1)c1nncc(Nc2ccccc2C(C)(C)C)n1. The molecule has 1 N–H and O–H groups in total. The first kappa shape index (κ1) is 16.9. The van der Waals surface area contributed by atoms with E-state index >= 15 is 0 Å². The Morgan fingerprint density at radius 3 is 2.32 bits per heavy atom. The van der Waals surface area contributed by atoms with Crippen LogP contribution in [0.5, 0.6) is 0 Å². The second-order valence-electron chi connectivity index (χ2n) is 6.96. The molecule has 1 aromatic heterocycles. The van der Waals surface area contributed by atoms with Gasteiger partial charge in [0.25, 0.3) is 5.95 Å². The van der Waals surface area contributed by atoms with Gasteiger partial charge < -0.3 is 10.2 Å². The standard InChI is InChI=1S/C20H23N5/c1-20(2,3)16-12-8-9-13-17(16)22-18-14-21-24-19(23-18)25(4)15-10-6-5-7-11-15/h5-14H,1-4H3,(H,22,23,24). The highest BCUT2D eigenvalue weighted by molar-refractivity contribution is 5.63. The van der Waals surface area contributed by atoms with E-state index in [0.717, 1.165) is 11.4 Å². The fraction of sp³-hybridized carbons (Fsp3) is 0.250. The molecule has 25 heavy (non-hydrogen) atoms. The van der Waals surface area contributed by atoms with Crippen molar-refractivity contribution in [1.29, 1.82) is 0 Å². The van der Waals surface area contributed by atoms with Crippen molar-refractivity contribution >= 4 is 23.1 Å². The van der Waals surface area contributed by atoms with Crippen LogP contribution in [0.4, 0.5) is 23.1 Å². The van der Waals surface area contributed by atoms with Gasteiger partial charge in [0.15, 0.2) is 5.82 Å². The zero-order valence-electron chi connectivity index (χ0n) is 15.1. The maximum absolute atomic E-state index is 4.61. The van der Waals surface area contributed by atoms with Crippen molar-refractivity contribution in [3.63, 3.8) is 0 Å². The van der Waals surface area contributed by atoms with Gasteiger partial charge in [0.05, 0.1) is 6.20 Å². The molecule has 0 spiro atoms. The van der Waals surface area contributed by atoms with Gasteiger partial charge in [0.2, 0.25) is 0 Å². The molecule has 0 atom stereocenters. The van der Waals surface area contributed by atoms with Crippen molar-refractivity contribution in [1.82, 2.24) is 15.2 Å². The first-order chi connectivity index (χ1) is 11.9. The Hall–Kier alpha value is -2.95. The fourth-order valence-electron chi connectivity index (χ4n) is 2.65. The van der Waals surface area contributed by atoms with E-state index < -0.39 is 0 Å². The molecular weight excluding hydrogens is 310 g/mol. The van der Waals surface area contributed by atoms with Gasteiger partial charge in [-0.05, 0) is 29.2 Å². The third kappa shape index (κ3) is 3.94. The van der Waals surface area contributed by atoms with E-state index in [-0.39, 0.29) is 5.41 Å². The van der Waals surface area contributed by atoms with Gasteiger partial charge in [-0.2, -0.15) is 10.1 Å². The zero-order valence-corrected chi connectivity index (χ0v) is 15.1. The molecule has 0 saturated heterocycles. The third-order valence-electron chi connectivity index (χ3n) is 3.99. The van der Waals surface area contributed by atoms with Crippen LogP contribution in [-0.2, 0) is 5.41 Å². The first-order valence-corrected chi connectivity index (χ1v) is 8.30. The molecule has 5 nitrogen and oxygen atoms in total. The number of nitrogens with zero attached hydrogens (tertiary/aromatic N) is 4. The van der Waals surface area contributed by atoms with Crippen LogP contribution in [0.3, 0.4) is 0 Å². The Kier molecular flexibility index (Phi) is 4.65. The maximum Gasteiger partial charge on any atom is 0.251 e. The topological polar surface area (TPSA) is 53.9 Å². The average Bonchev–Trinajstić information content (AvgIpc) is 2.62. The van der Waals surface area contributed by atoms with E-state index in [0.29, 0.717) is 11.8 Å². The Bertz CT molecular complexity index is 840. The largest absolute Gasteiger partial charge is 0.339 e. The molecule has 0 aliphatic heterocycles. The number of benzene rings is 2. The second kappa shape index (κ2) is 6.89. The van der Waals surface area contributed by atoms with Crippen LogP contribution in [0, 0.1) is 0 Å². The lowest BCUT2D eigenvalue weighted by Gasteiger charge is -2.23. The number of aromatic nitrogens is 3. The summed E-state index contributed by atoms with van der Waals surface area (Å²) in [6.45, 7) is 6.58. The van der Waals surface area contributed by atoms with Gasteiger partial charge >= 0.3 is 0 Å². The van der Waals surface area contributed by atoms with E-state index in [2.05, 4.69) is 59.5 Å². The van der Waals surface area contributed by atoms with Crippen LogP contribution in [-0.4, -0.2) is 22.2 Å². The molecule has 0 amide bonds. The number of para-hydroxylation sites is 2. The zero-order chi connectivity index (χ0) is 17.9. The fourth-order valence-corrected chi connectivity index (χ4v) is 2.65. The molecule has 2 aromatic carbocycles. The molecule has 5 heteroatoms. The van der Waals surface area contributed by atoms with E-state index in [1.54, 1.807) is 6.20 Å². The second-order valence-corrected chi connectivity index (χ2v) is 6.96. The minimum atomic E-state index is 0.0354. The summed E-state index contributed by atoms with van der Waals surface area (Å²) in [7, 11) is 1.93. The average molecular weight is 333 g/mol. The van der Waals surface area contributed by atoms with Gasteiger partial charge in [-0.1, -0.05) is 57.2 Å². The first-order valence-electron chi connectivity index (χ1n) is 8.30. The van der Waals surface area contributed by atoms with Crippen LogP contribution in [0.2, 0.25) is 0 Å². The highest BCUT2D eigenvalue weighted by Gasteiger charge is 2.18. The molecular formula is C20H23N5. The summed E-state index contributed by atoms with van der Waals surface area (Å²) in [5.74, 6) is 1.22. The lowest BCUT2D eigenvalue weighted by molar-refractivity contribution is 0.592. The molecule has 0 aliphatic rings. The van der Waals surface area contributed by atoms with Crippen LogP contribution < -0.4 is 10.2 Å². The molecule has 0 saturated carbocycles. The maximum atomic E-state index is 4.61. The third-order valence-corrected chi connectivity index (χ3v) is 3.99. The molecule has 0 fully saturated rings. The molecule has 128 valence electrons. The van der Waals surface area contributed by atoms with Crippen molar-refractivity contribution < 1.29 is 0 Å². The number of hydrogen-bond donors (Lipinski definition) is 1. The lowest BCUT2D eigenvalue weighted by Crippen LogP contribution is -2.16. The van der Waals surface area contributed by atoms with Crippen LogP contribution in [0.1, 0.15) is 26.3 Å². The number of hydrogen-bond acceptors (Lipinski definition) is 5. The summed E-state index contributed by atoms with van der Waals surface area (Å²) >= 11 is 0. The summed E-state index contributed by atoms with van der Waals surface area (Å²) < 4.78 is 0. The van der Waals surface area contributed by atoms with Crippen LogP contribution in [0.25, 0.3) is 0 Å². The minimum absolute atomic E-state index is 0.0354. The molecule has 3 aromatic rings. The van der Waals surface area contributed by atoms with Crippen molar-refractivity contribution in [3.8, 4) is 0 Å². The van der Waals surface area contributed by atoms with Crippen molar-refractivity contribution in [3.05, 3.63) is 66.4 Å². The molecule has 1 heterocycles. The van der Waals surface area contributed by atoms with Crippen molar-refractivity contribution in [2.24, 2.45) is 0 Å². The van der Waals surface area contributed by atoms with Crippen LogP contribution >= 0.6 is 0 Å². The predicted molar refractivity (Wildman–Crippen MR) is 103 cm³/mol. The Balaban J connectivity index is 1.89. The van der Waals surface area contributed by atoms with E-state index in [9.17, 15) is 0 Å². The summed E-state index contributed by atoms with van der Waals surface area (Å²) in [6.07, 6.45) is 1.64. The number of nitrogens with one attached hydrogen (secondary N) is 1. The Morgan fingerprint density at radius 1 is 0.920 bits per heavy atom. The predicted octanol–water partition coefficient (Wildman–Crippen LogP) is 4.68. The normalized spacial score (nSPS) is 11.2. The summed E-state index contributed by atoms with van der Waals surface area (Å²) in [6, 6.07) is 18.2. The quantitative estimate of drug-likeness (QED) is 0.751. The minimum Gasteiger partial charge on any atom is -0.339 e. The van der Waals surface area contributed by atoms with Crippen molar-refractivity contribution in [2.75, 3.05) is 17.3 Å². The summed E-state index contributed by atoms with van der Waals surface area (Å²) in [5, 5.41) is 11.6. The molecule has 0 bridgehead atoms. The Labute approximate surface area is 148 Å². The van der Waals surface area contributed by atoms with Crippen molar-refractivity contribution in [2.45, 2.75) is 26.2 Å². The molecule has 0 aliphatic carbocycles. The van der Waals surface area contributed by atoms with Gasteiger partial charge in [0, 0.05) is 18.4 Å². The summed E-state index contributed by atoms with van der Waals surface area (Å²) in [5.41, 5.74) is 3.31. The molecule has 0 unspecified atom stereocenters. The smallest absolute Gasteiger partial charge is 0.251 e. The molecule has 0 radical (unpaired) electrons. The van der Waals surface area contributed by atoms with Gasteiger partial charge in [-0.25, -0.2) is 0 Å². The lowest BCUT2D eigenvalue weighted by atomic mass is 9.86. The molecule has 3 rings (SSSR count). The van der Waals surface area contributed by atoms with E-state index in [4.69, 9.17) is 0 Å².